The molecule has 0 amide bonds. The summed E-state index contributed by atoms with van der Waals surface area (Å²) >= 11 is 0. The molecule has 0 spiro atoms. The summed E-state index contributed by atoms with van der Waals surface area (Å²) < 4.78 is 6.00. The van der Waals surface area contributed by atoms with Crippen LogP contribution in [0.25, 0.3) is 0 Å². The fourth-order valence-corrected chi connectivity index (χ4v) is 4.44. The molecule has 2 aliphatic heterocycles. The van der Waals surface area contributed by atoms with Gasteiger partial charge in [0, 0.05) is 12.1 Å². The second-order valence-corrected chi connectivity index (χ2v) is 7.72. The van der Waals surface area contributed by atoms with Crippen LogP contribution >= 0.6 is 0 Å². The Morgan fingerprint density at radius 2 is 1.78 bits per heavy atom. The standard InChI is InChI=1S/C20H27NO2/c1-21-16-9-10-17(21)13-18(12-16)23-20(22)19(11-14-7-8-14)15-5-3-2-4-6-15/h2-6,14,16-19H,7-13H2,1H3/t16-,17+,18-,19?. The molecule has 3 heteroatoms. The third kappa shape index (κ3) is 3.30. The smallest absolute Gasteiger partial charge is 0.313 e. The molecule has 0 radical (unpaired) electrons. The molecular weight excluding hydrogens is 286 g/mol. The topological polar surface area (TPSA) is 29.5 Å². The van der Waals surface area contributed by atoms with Crippen molar-refractivity contribution in [2.24, 2.45) is 5.92 Å². The molecule has 124 valence electrons. The molecule has 1 aromatic carbocycles. The van der Waals surface area contributed by atoms with Crippen LogP contribution in [0.1, 0.15) is 56.4 Å². The lowest BCUT2D eigenvalue weighted by molar-refractivity contribution is -0.154. The molecule has 4 atom stereocenters. The first-order valence-electron chi connectivity index (χ1n) is 9.18. The first-order valence-corrected chi connectivity index (χ1v) is 9.18. The lowest BCUT2D eigenvalue weighted by Gasteiger charge is -2.36. The number of ether oxygens (including phenoxy) is 1. The summed E-state index contributed by atoms with van der Waals surface area (Å²) in [4.78, 5) is 15.3. The van der Waals surface area contributed by atoms with Crippen molar-refractivity contribution in [2.45, 2.75) is 69.1 Å². The van der Waals surface area contributed by atoms with Crippen LogP contribution in [0.2, 0.25) is 0 Å². The average Bonchev–Trinajstić information content (AvgIpc) is 3.35. The molecule has 0 N–H and O–H groups in total. The van der Waals surface area contributed by atoms with Gasteiger partial charge in [0.25, 0.3) is 0 Å². The van der Waals surface area contributed by atoms with Gasteiger partial charge < -0.3 is 9.64 Å². The number of nitrogens with zero attached hydrogens (tertiary/aromatic N) is 1. The van der Waals surface area contributed by atoms with Gasteiger partial charge in [0.15, 0.2) is 0 Å². The molecule has 3 fully saturated rings. The van der Waals surface area contributed by atoms with E-state index in [1.165, 1.54) is 25.7 Å². The average molecular weight is 313 g/mol. The molecule has 0 aromatic heterocycles. The predicted octanol–water partition coefficient (Wildman–Crippen LogP) is 3.74. The molecule has 1 aromatic rings. The molecule has 4 rings (SSSR count). The van der Waals surface area contributed by atoms with E-state index in [-0.39, 0.29) is 18.0 Å². The minimum Gasteiger partial charge on any atom is -0.462 e. The van der Waals surface area contributed by atoms with Crippen molar-refractivity contribution in [3.63, 3.8) is 0 Å². The lowest BCUT2D eigenvalue weighted by Crippen LogP contribution is -2.43. The number of rotatable bonds is 5. The Labute approximate surface area is 139 Å². The first-order chi connectivity index (χ1) is 11.2. The second-order valence-electron chi connectivity index (χ2n) is 7.72. The van der Waals surface area contributed by atoms with E-state index in [1.54, 1.807) is 0 Å². The van der Waals surface area contributed by atoms with Crippen molar-refractivity contribution in [1.82, 2.24) is 4.90 Å². The zero-order valence-corrected chi connectivity index (χ0v) is 14.0. The highest BCUT2D eigenvalue weighted by Gasteiger charge is 2.41. The zero-order chi connectivity index (χ0) is 15.8. The summed E-state index contributed by atoms with van der Waals surface area (Å²) in [5, 5.41) is 0. The number of piperidine rings is 1. The Bertz CT molecular complexity index is 540. The summed E-state index contributed by atoms with van der Waals surface area (Å²) in [6, 6.07) is 11.4. The van der Waals surface area contributed by atoms with Gasteiger partial charge in [-0.1, -0.05) is 43.2 Å². The van der Waals surface area contributed by atoms with Gasteiger partial charge in [0.05, 0.1) is 5.92 Å². The van der Waals surface area contributed by atoms with Crippen LogP contribution in [-0.4, -0.2) is 36.1 Å². The Hall–Kier alpha value is -1.35. The summed E-state index contributed by atoms with van der Waals surface area (Å²) in [6.45, 7) is 0. The molecule has 3 aliphatic rings. The van der Waals surface area contributed by atoms with Gasteiger partial charge in [-0.15, -0.1) is 0 Å². The van der Waals surface area contributed by atoms with Crippen LogP contribution in [0.3, 0.4) is 0 Å². The van der Waals surface area contributed by atoms with Gasteiger partial charge >= 0.3 is 5.97 Å². The van der Waals surface area contributed by atoms with E-state index in [4.69, 9.17) is 4.74 Å². The number of benzene rings is 1. The number of esters is 1. The minimum absolute atomic E-state index is 0.0112. The molecule has 1 aliphatic carbocycles. The van der Waals surface area contributed by atoms with Crippen LogP contribution in [0, 0.1) is 5.92 Å². The van der Waals surface area contributed by atoms with Crippen molar-refractivity contribution in [3.05, 3.63) is 35.9 Å². The van der Waals surface area contributed by atoms with Crippen molar-refractivity contribution in [1.29, 1.82) is 0 Å². The fraction of sp³-hybridized carbons (Fsp3) is 0.650. The molecule has 2 saturated heterocycles. The number of fused-ring (bicyclic) bond motifs is 2. The Balaban J connectivity index is 1.43. The molecule has 23 heavy (non-hydrogen) atoms. The van der Waals surface area contributed by atoms with Gasteiger partial charge in [-0.05, 0) is 50.6 Å². The van der Waals surface area contributed by atoms with Crippen molar-refractivity contribution in [3.8, 4) is 0 Å². The van der Waals surface area contributed by atoms with Crippen LogP contribution in [0.5, 0.6) is 0 Å². The zero-order valence-electron chi connectivity index (χ0n) is 14.0. The Kier molecular flexibility index (Phi) is 4.14. The molecule has 2 bridgehead atoms. The van der Waals surface area contributed by atoms with Crippen LogP contribution in [0.4, 0.5) is 0 Å². The molecule has 2 heterocycles. The highest BCUT2D eigenvalue weighted by Crippen LogP contribution is 2.40. The van der Waals surface area contributed by atoms with Gasteiger partial charge in [0.2, 0.25) is 0 Å². The van der Waals surface area contributed by atoms with Gasteiger partial charge in [-0.2, -0.15) is 0 Å². The fourth-order valence-electron chi connectivity index (χ4n) is 4.44. The van der Waals surface area contributed by atoms with Gasteiger partial charge in [0.1, 0.15) is 6.10 Å². The minimum atomic E-state index is -0.0685. The van der Waals surface area contributed by atoms with Crippen LogP contribution in [-0.2, 0) is 9.53 Å². The van der Waals surface area contributed by atoms with E-state index < -0.39 is 0 Å². The third-order valence-corrected chi connectivity index (χ3v) is 6.09. The monoisotopic (exact) mass is 313 g/mol. The van der Waals surface area contributed by atoms with Crippen molar-refractivity contribution >= 4 is 5.97 Å². The largest absolute Gasteiger partial charge is 0.462 e. The Morgan fingerprint density at radius 3 is 2.39 bits per heavy atom. The lowest BCUT2D eigenvalue weighted by atomic mass is 9.93. The van der Waals surface area contributed by atoms with E-state index in [0.29, 0.717) is 12.1 Å². The predicted molar refractivity (Wildman–Crippen MR) is 90.2 cm³/mol. The molecular formula is C20H27NO2. The maximum atomic E-state index is 12.9. The number of hydrogen-bond acceptors (Lipinski definition) is 3. The maximum absolute atomic E-state index is 12.9. The normalized spacial score (nSPS) is 31.8. The third-order valence-electron chi connectivity index (χ3n) is 6.09. The van der Waals surface area contributed by atoms with E-state index in [9.17, 15) is 4.79 Å². The van der Waals surface area contributed by atoms with E-state index >= 15 is 0 Å². The summed E-state index contributed by atoms with van der Waals surface area (Å²) in [5.74, 6) is 0.666. The number of carbonyl (C=O) groups is 1. The van der Waals surface area contributed by atoms with E-state index in [0.717, 1.165) is 30.7 Å². The SMILES string of the molecule is CN1[C@@H]2CC[C@H]1C[C@H](OC(=O)C(CC1CC1)c1ccccc1)C2. The Morgan fingerprint density at radius 1 is 1.13 bits per heavy atom. The second kappa shape index (κ2) is 6.27. The maximum Gasteiger partial charge on any atom is 0.313 e. The highest BCUT2D eigenvalue weighted by atomic mass is 16.5. The van der Waals surface area contributed by atoms with Gasteiger partial charge in [-0.25, -0.2) is 0 Å². The van der Waals surface area contributed by atoms with Crippen molar-refractivity contribution in [2.75, 3.05) is 7.05 Å². The summed E-state index contributed by atoms with van der Waals surface area (Å²) in [5.41, 5.74) is 1.13. The molecule has 1 saturated carbocycles. The number of hydrogen-bond donors (Lipinski definition) is 0. The molecule has 1 unspecified atom stereocenters. The van der Waals surface area contributed by atoms with Crippen molar-refractivity contribution < 1.29 is 9.53 Å². The highest BCUT2D eigenvalue weighted by molar-refractivity contribution is 5.78. The van der Waals surface area contributed by atoms with E-state index in [1.807, 2.05) is 18.2 Å². The number of carbonyl (C=O) groups excluding carboxylic acids is 1. The van der Waals surface area contributed by atoms with Gasteiger partial charge in [-0.3, -0.25) is 4.79 Å². The first kappa shape index (κ1) is 15.2. The summed E-state index contributed by atoms with van der Waals surface area (Å²) in [6.07, 6.45) is 8.19. The molecule has 3 nitrogen and oxygen atoms in total. The van der Waals surface area contributed by atoms with Crippen LogP contribution in [0.15, 0.2) is 30.3 Å². The van der Waals surface area contributed by atoms with Crippen LogP contribution < -0.4 is 0 Å². The summed E-state index contributed by atoms with van der Waals surface area (Å²) in [7, 11) is 2.22. The van der Waals surface area contributed by atoms with E-state index in [2.05, 4.69) is 24.1 Å². The quantitative estimate of drug-likeness (QED) is 0.776.